The number of unbranched alkanes of at least 4 members (excludes halogenated alkanes) is 2. The van der Waals surface area contributed by atoms with Gasteiger partial charge in [0.25, 0.3) is 0 Å². The van der Waals surface area contributed by atoms with Gasteiger partial charge in [0.05, 0.1) is 6.61 Å². The molecule has 0 saturated heterocycles. The molecule has 1 aromatic rings. The first-order valence-electron chi connectivity index (χ1n) is 8.04. The largest absolute Gasteiger partial charge is 0.494 e. The van der Waals surface area contributed by atoms with Gasteiger partial charge in [0.15, 0.2) is 0 Å². The third-order valence-corrected chi connectivity index (χ3v) is 3.60. The molecule has 1 saturated carbocycles. The second-order valence-corrected chi connectivity index (χ2v) is 5.56. The minimum Gasteiger partial charge on any atom is -0.494 e. The van der Waals surface area contributed by atoms with E-state index < -0.39 is 0 Å². The van der Waals surface area contributed by atoms with Crippen LogP contribution in [-0.2, 0) is 6.54 Å². The molecule has 0 amide bonds. The molecule has 1 aromatic carbocycles. The van der Waals surface area contributed by atoms with Crippen molar-refractivity contribution in [1.29, 1.82) is 0 Å². The maximum Gasteiger partial charge on any atom is 0.119 e. The quantitative estimate of drug-likeness (QED) is 0.609. The molecule has 0 spiro atoms. The number of nitrogens with one attached hydrogen (secondary N) is 2. The van der Waals surface area contributed by atoms with Crippen LogP contribution in [0, 0.1) is 0 Å². The first-order valence-corrected chi connectivity index (χ1v) is 8.04. The Bertz CT molecular complexity index is 360. The van der Waals surface area contributed by atoms with E-state index in [1.54, 1.807) is 0 Å². The van der Waals surface area contributed by atoms with Gasteiger partial charge in [-0.1, -0.05) is 19.1 Å². The van der Waals surface area contributed by atoms with Crippen LogP contribution in [0.4, 0.5) is 0 Å². The van der Waals surface area contributed by atoms with Crippen LogP contribution in [0.25, 0.3) is 0 Å². The summed E-state index contributed by atoms with van der Waals surface area (Å²) in [4.78, 5) is 0. The lowest BCUT2D eigenvalue weighted by Crippen LogP contribution is -2.17. The zero-order valence-electron chi connectivity index (χ0n) is 12.7. The van der Waals surface area contributed by atoms with Gasteiger partial charge in [0, 0.05) is 12.6 Å². The highest BCUT2D eigenvalue weighted by Crippen LogP contribution is 2.18. The van der Waals surface area contributed by atoms with Crippen molar-refractivity contribution in [2.24, 2.45) is 0 Å². The molecule has 3 heteroatoms. The zero-order chi connectivity index (χ0) is 14.0. The molecule has 1 aliphatic carbocycles. The molecule has 20 heavy (non-hydrogen) atoms. The smallest absolute Gasteiger partial charge is 0.119 e. The molecule has 1 fully saturated rings. The van der Waals surface area contributed by atoms with E-state index in [1.807, 2.05) is 0 Å². The molecule has 2 rings (SSSR count). The van der Waals surface area contributed by atoms with Crippen LogP contribution < -0.4 is 15.4 Å². The van der Waals surface area contributed by atoms with Gasteiger partial charge in [0.1, 0.15) is 5.75 Å². The Kier molecular flexibility index (Phi) is 6.89. The molecule has 3 nitrogen and oxygen atoms in total. The van der Waals surface area contributed by atoms with Crippen LogP contribution in [0.3, 0.4) is 0 Å². The van der Waals surface area contributed by atoms with Crippen molar-refractivity contribution in [2.45, 2.75) is 51.6 Å². The van der Waals surface area contributed by atoms with Crippen molar-refractivity contribution in [3.63, 3.8) is 0 Å². The van der Waals surface area contributed by atoms with Gasteiger partial charge in [-0.15, -0.1) is 0 Å². The maximum atomic E-state index is 5.76. The fourth-order valence-corrected chi connectivity index (χ4v) is 2.16. The number of hydrogen-bond acceptors (Lipinski definition) is 3. The lowest BCUT2D eigenvalue weighted by Gasteiger charge is -2.08. The fraction of sp³-hybridized carbons (Fsp3) is 0.647. The van der Waals surface area contributed by atoms with Gasteiger partial charge < -0.3 is 15.4 Å². The topological polar surface area (TPSA) is 33.3 Å². The van der Waals surface area contributed by atoms with Crippen molar-refractivity contribution < 1.29 is 4.74 Å². The average molecular weight is 276 g/mol. The Hall–Kier alpha value is -1.06. The summed E-state index contributed by atoms with van der Waals surface area (Å²) in [5, 5.41) is 6.86. The molecule has 0 radical (unpaired) electrons. The van der Waals surface area contributed by atoms with Gasteiger partial charge >= 0.3 is 0 Å². The van der Waals surface area contributed by atoms with Crippen LogP contribution in [0.1, 0.15) is 44.6 Å². The Balaban J connectivity index is 1.49. The summed E-state index contributed by atoms with van der Waals surface area (Å²) in [6, 6.07) is 9.25. The molecule has 112 valence electrons. The number of ether oxygens (including phenoxy) is 1. The Morgan fingerprint density at radius 2 is 1.90 bits per heavy atom. The minimum atomic E-state index is 0.829. The molecule has 0 aliphatic heterocycles. The van der Waals surface area contributed by atoms with Crippen LogP contribution in [0.2, 0.25) is 0 Å². The van der Waals surface area contributed by atoms with E-state index in [0.29, 0.717) is 0 Å². The highest BCUT2D eigenvalue weighted by Gasteiger charge is 2.19. The fourth-order valence-electron chi connectivity index (χ4n) is 2.16. The van der Waals surface area contributed by atoms with Crippen molar-refractivity contribution in [2.75, 3.05) is 19.7 Å². The van der Waals surface area contributed by atoms with Crippen LogP contribution >= 0.6 is 0 Å². The second-order valence-electron chi connectivity index (χ2n) is 5.56. The standard InChI is InChI=1S/C17H28N2O/c1-2-18-14-15-6-10-17(11-7-15)20-13-5-3-4-12-19-16-8-9-16/h6-7,10-11,16,18-19H,2-5,8-9,12-14H2,1H3. The molecule has 0 atom stereocenters. The van der Waals surface area contributed by atoms with Gasteiger partial charge in [-0.2, -0.15) is 0 Å². The van der Waals surface area contributed by atoms with E-state index in [2.05, 4.69) is 41.8 Å². The number of hydrogen-bond donors (Lipinski definition) is 2. The van der Waals surface area contributed by atoms with Crippen molar-refractivity contribution in [3.8, 4) is 5.75 Å². The second kappa shape index (κ2) is 8.98. The summed E-state index contributed by atoms with van der Waals surface area (Å²) in [5.41, 5.74) is 1.31. The van der Waals surface area contributed by atoms with Crippen LogP contribution in [0.15, 0.2) is 24.3 Å². The number of benzene rings is 1. The van der Waals surface area contributed by atoms with Crippen molar-refractivity contribution in [1.82, 2.24) is 10.6 Å². The Morgan fingerprint density at radius 3 is 2.60 bits per heavy atom. The highest BCUT2D eigenvalue weighted by atomic mass is 16.5. The lowest BCUT2D eigenvalue weighted by atomic mass is 10.2. The summed E-state index contributed by atoms with van der Waals surface area (Å²) in [6.45, 7) is 6.07. The predicted molar refractivity (Wildman–Crippen MR) is 84.2 cm³/mol. The summed E-state index contributed by atoms with van der Waals surface area (Å²) in [7, 11) is 0. The van der Waals surface area contributed by atoms with Gasteiger partial charge in [-0.25, -0.2) is 0 Å². The van der Waals surface area contributed by atoms with E-state index in [-0.39, 0.29) is 0 Å². The molecule has 0 unspecified atom stereocenters. The number of rotatable bonds is 11. The lowest BCUT2D eigenvalue weighted by molar-refractivity contribution is 0.305. The first-order chi connectivity index (χ1) is 9.88. The van der Waals surface area contributed by atoms with E-state index >= 15 is 0 Å². The van der Waals surface area contributed by atoms with E-state index in [9.17, 15) is 0 Å². The van der Waals surface area contributed by atoms with E-state index in [0.717, 1.165) is 37.9 Å². The first kappa shape index (κ1) is 15.3. The van der Waals surface area contributed by atoms with E-state index in [1.165, 1.54) is 37.8 Å². The maximum absolute atomic E-state index is 5.76. The van der Waals surface area contributed by atoms with Gasteiger partial charge in [-0.05, 0) is 62.9 Å². The van der Waals surface area contributed by atoms with Crippen LogP contribution in [0.5, 0.6) is 5.75 Å². The minimum absolute atomic E-state index is 0.829. The molecule has 0 bridgehead atoms. The molecule has 2 N–H and O–H groups in total. The Labute approximate surface area is 123 Å². The molecular formula is C17H28N2O. The highest BCUT2D eigenvalue weighted by molar-refractivity contribution is 5.27. The average Bonchev–Trinajstić information content (AvgIpc) is 3.29. The monoisotopic (exact) mass is 276 g/mol. The summed E-state index contributed by atoms with van der Waals surface area (Å²) < 4.78 is 5.76. The normalized spacial score (nSPS) is 14.4. The molecule has 0 aromatic heterocycles. The SMILES string of the molecule is CCNCc1ccc(OCCCCCNC2CC2)cc1. The van der Waals surface area contributed by atoms with E-state index in [4.69, 9.17) is 4.74 Å². The predicted octanol–water partition coefficient (Wildman–Crippen LogP) is 3.10. The summed E-state index contributed by atoms with van der Waals surface area (Å²) >= 11 is 0. The summed E-state index contributed by atoms with van der Waals surface area (Å²) in [5.74, 6) is 0.987. The molecular weight excluding hydrogens is 248 g/mol. The Morgan fingerprint density at radius 1 is 1.10 bits per heavy atom. The third-order valence-electron chi connectivity index (χ3n) is 3.60. The van der Waals surface area contributed by atoms with Gasteiger partial charge in [-0.3, -0.25) is 0 Å². The zero-order valence-corrected chi connectivity index (χ0v) is 12.7. The van der Waals surface area contributed by atoms with Gasteiger partial charge in [0.2, 0.25) is 0 Å². The summed E-state index contributed by atoms with van der Waals surface area (Å²) in [6.07, 6.45) is 6.42. The van der Waals surface area contributed by atoms with Crippen molar-refractivity contribution >= 4 is 0 Å². The third kappa shape index (κ3) is 6.40. The van der Waals surface area contributed by atoms with Crippen molar-refractivity contribution in [3.05, 3.63) is 29.8 Å². The molecule has 1 aliphatic rings. The molecule has 0 heterocycles. The van der Waals surface area contributed by atoms with Crippen LogP contribution in [-0.4, -0.2) is 25.7 Å².